The lowest BCUT2D eigenvalue weighted by Crippen LogP contribution is -2.43. The minimum Gasteiger partial charge on any atom is -0.456 e. The minimum atomic E-state index is -0.744. The fourth-order valence-corrected chi connectivity index (χ4v) is 3.80. The maximum Gasteiger partial charge on any atom is 0.252 e. The minimum absolute atomic E-state index is 0.0786. The highest BCUT2D eigenvalue weighted by atomic mass is 16.5. The number of fused-ring (bicyclic) bond motifs is 6. The summed E-state index contributed by atoms with van der Waals surface area (Å²) in [5.74, 6) is 1.32. The molecule has 2 heterocycles. The largest absolute Gasteiger partial charge is 0.456 e. The summed E-state index contributed by atoms with van der Waals surface area (Å²) in [6.07, 6.45) is 0. The molecular formula is C20H14N2O2. The van der Waals surface area contributed by atoms with Gasteiger partial charge < -0.3 is 15.8 Å². The average Bonchev–Trinajstić information content (AvgIpc) is 2.89. The van der Waals surface area contributed by atoms with Gasteiger partial charge in [0.15, 0.2) is 0 Å². The molecule has 1 atom stereocenters. The van der Waals surface area contributed by atoms with Gasteiger partial charge in [0, 0.05) is 28.4 Å². The van der Waals surface area contributed by atoms with Crippen LogP contribution >= 0.6 is 0 Å². The van der Waals surface area contributed by atoms with E-state index in [1.54, 1.807) is 6.07 Å². The van der Waals surface area contributed by atoms with Crippen molar-refractivity contribution in [3.8, 4) is 11.5 Å². The molecule has 0 saturated heterocycles. The van der Waals surface area contributed by atoms with Gasteiger partial charge in [-0.15, -0.1) is 0 Å². The lowest BCUT2D eigenvalue weighted by atomic mass is 9.76. The first-order chi connectivity index (χ1) is 11.7. The monoisotopic (exact) mass is 314 g/mol. The van der Waals surface area contributed by atoms with Crippen LogP contribution in [0.1, 0.15) is 27.0 Å². The zero-order valence-corrected chi connectivity index (χ0v) is 12.7. The highest BCUT2D eigenvalue weighted by molar-refractivity contribution is 6.02. The summed E-state index contributed by atoms with van der Waals surface area (Å²) < 4.78 is 6.06. The number of para-hydroxylation sites is 1. The Kier molecular flexibility index (Phi) is 2.41. The zero-order chi connectivity index (χ0) is 16.3. The molecule has 3 aromatic carbocycles. The number of amides is 1. The predicted octanol–water partition coefficient (Wildman–Crippen LogP) is 3.41. The van der Waals surface area contributed by atoms with E-state index in [4.69, 9.17) is 10.5 Å². The van der Waals surface area contributed by atoms with Crippen LogP contribution in [0.25, 0.3) is 0 Å². The topological polar surface area (TPSA) is 64.3 Å². The number of hydrogen-bond acceptors (Lipinski definition) is 3. The molecule has 0 aromatic heterocycles. The Morgan fingerprint density at radius 1 is 0.833 bits per heavy atom. The standard InChI is InChI=1S/C20H14N2O2/c21-12-9-10-16-18(11-12)24-17-8-4-3-7-15(17)20(16)14-6-2-1-5-13(14)19(23)22-20/h1-11H,21H2,(H,22,23). The van der Waals surface area contributed by atoms with Crippen molar-refractivity contribution in [3.05, 3.63) is 89.0 Å². The fourth-order valence-electron chi connectivity index (χ4n) is 3.80. The molecule has 116 valence electrons. The van der Waals surface area contributed by atoms with E-state index >= 15 is 0 Å². The number of hydrogen-bond donors (Lipinski definition) is 2. The number of nitrogens with one attached hydrogen (secondary N) is 1. The molecule has 0 bridgehead atoms. The van der Waals surface area contributed by atoms with Crippen LogP contribution in [0.2, 0.25) is 0 Å². The van der Waals surface area contributed by atoms with Crippen molar-refractivity contribution < 1.29 is 9.53 Å². The van der Waals surface area contributed by atoms with Crippen molar-refractivity contribution in [2.45, 2.75) is 5.54 Å². The number of anilines is 1. The van der Waals surface area contributed by atoms with Crippen molar-refractivity contribution >= 4 is 11.6 Å². The van der Waals surface area contributed by atoms with Crippen LogP contribution in [0.15, 0.2) is 66.7 Å². The highest BCUT2D eigenvalue weighted by Crippen LogP contribution is 2.53. The highest BCUT2D eigenvalue weighted by Gasteiger charge is 2.50. The second-order valence-electron chi connectivity index (χ2n) is 6.10. The normalized spacial score (nSPS) is 19.9. The van der Waals surface area contributed by atoms with Crippen LogP contribution in [-0.2, 0) is 5.54 Å². The van der Waals surface area contributed by atoms with Crippen LogP contribution in [0, 0.1) is 0 Å². The zero-order valence-electron chi connectivity index (χ0n) is 12.7. The van der Waals surface area contributed by atoms with Gasteiger partial charge in [-0.25, -0.2) is 0 Å². The van der Waals surface area contributed by atoms with Crippen LogP contribution in [0.3, 0.4) is 0 Å². The van der Waals surface area contributed by atoms with Gasteiger partial charge >= 0.3 is 0 Å². The second kappa shape index (κ2) is 4.38. The van der Waals surface area contributed by atoms with Gasteiger partial charge in [-0.2, -0.15) is 0 Å². The molecule has 1 amide bonds. The molecule has 1 unspecified atom stereocenters. The van der Waals surface area contributed by atoms with Crippen molar-refractivity contribution in [3.63, 3.8) is 0 Å². The van der Waals surface area contributed by atoms with Crippen LogP contribution in [-0.4, -0.2) is 5.91 Å². The summed E-state index contributed by atoms with van der Waals surface area (Å²) in [6, 6.07) is 21.1. The first kappa shape index (κ1) is 13.2. The van der Waals surface area contributed by atoms with Crippen LogP contribution < -0.4 is 15.8 Å². The summed E-state index contributed by atoms with van der Waals surface area (Å²) in [5, 5.41) is 3.21. The van der Waals surface area contributed by atoms with Gasteiger partial charge in [0.25, 0.3) is 5.91 Å². The third-order valence-electron chi connectivity index (χ3n) is 4.80. The Morgan fingerprint density at radius 3 is 2.42 bits per heavy atom. The Balaban J connectivity index is 1.92. The maximum atomic E-state index is 12.6. The average molecular weight is 314 g/mol. The molecule has 0 aliphatic carbocycles. The summed E-state index contributed by atoms with van der Waals surface area (Å²) in [7, 11) is 0. The number of benzene rings is 3. The number of rotatable bonds is 0. The van der Waals surface area contributed by atoms with Crippen molar-refractivity contribution in [2.24, 2.45) is 0 Å². The lowest BCUT2D eigenvalue weighted by Gasteiger charge is -2.38. The van der Waals surface area contributed by atoms with E-state index in [0.717, 1.165) is 22.4 Å². The molecule has 2 aliphatic rings. The number of nitrogens with two attached hydrogens (primary N) is 1. The molecule has 0 radical (unpaired) electrons. The van der Waals surface area contributed by atoms with Gasteiger partial charge in [-0.05, 0) is 23.8 Å². The van der Waals surface area contributed by atoms with Crippen molar-refractivity contribution in [1.29, 1.82) is 0 Å². The Morgan fingerprint density at radius 2 is 1.54 bits per heavy atom. The van der Waals surface area contributed by atoms with Crippen molar-refractivity contribution in [2.75, 3.05) is 5.73 Å². The third-order valence-corrected chi connectivity index (χ3v) is 4.80. The summed E-state index contributed by atoms with van der Waals surface area (Å²) in [4.78, 5) is 12.6. The molecular weight excluding hydrogens is 300 g/mol. The van der Waals surface area contributed by atoms with Crippen LogP contribution in [0.4, 0.5) is 5.69 Å². The van der Waals surface area contributed by atoms with Gasteiger partial charge in [-0.3, -0.25) is 4.79 Å². The molecule has 5 rings (SSSR count). The molecule has 24 heavy (non-hydrogen) atoms. The maximum absolute atomic E-state index is 12.6. The van der Waals surface area contributed by atoms with E-state index in [0.29, 0.717) is 17.0 Å². The summed E-state index contributed by atoms with van der Waals surface area (Å²) >= 11 is 0. The Labute approximate surface area is 138 Å². The van der Waals surface area contributed by atoms with Gasteiger partial charge in [0.05, 0.1) is 0 Å². The van der Waals surface area contributed by atoms with E-state index in [1.807, 2.05) is 60.7 Å². The molecule has 4 heteroatoms. The predicted molar refractivity (Wildman–Crippen MR) is 91.2 cm³/mol. The smallest absolute Gasteiger partial charge is 0.252 e. The molecule has 1 spiro atoms. The molecule has 2 aliphatic heterocycles. The molecule has 3 N–H and O–H groups in total. The Bertz CT molecular complexity index is 1010. The number of carbonyl (C=O) groups excluding carboxylic acids is 1. The van der Waals surface area contributed by atoms with Gasteiger partial charge in [-0.1, -0.05) is 42.5 Å². The third kappa shape index (κ3) is 1.50. The first-order valence-corrected chi connectivity index (χ1v) is 7.79. The molecule has 0 fully saturated rings. The second-order valence-corrected chi connectivity index (χ2v) is 6.10. The Hall–Kier alpha value is -3.27. The van der Waals surface area contributed by atoms with Crippen LogP contribution in [0.5, 0.6) is 11.5 Å². The first-order valence-electron chi connectivity index (χ1n) is 7.79. The van der Waals surface area contributed by atoms with E-state index < -0.39 is 5.54 Å². The number of nitrogen functional groups attached to an aromatic ring is 1. The lowest BCUT2D eigenvalue weighted by molar-refractivity contribution is 0.0947. The summed E-state index contributed by atoms with van der Waals surface area (Å²) in [5.41, 5.74) is 9.29. The summed E-state index contributed by atoms with van der Waals surface area (Å²) in [6.45, 7) is 0. The molecule has 3 aromatic rings. The van der Waals surface area contributed by atoms with Crippen molar-refractivity contribution in [1.82, 2.24) is 5.32 Å². The van der Waals surface area contributed by atoms with E-state index in [2.05, 4.69) is 5.32 Å². The van der Waals surface area contributed by atoms with E-state index in [9.17, 15) is 4.79 Å². The SMILES string of the molecule is Nc1ccc2c(c1)Oc1ccccc1C21NC(=O)c2ccccc21. The quantitative estimate of drug-likeness (QED) is 0.625. The number of carbonyl (C=O) groups is 1. The van der Waals surface area contributed by atoms with E-state index in [-0.39, 0.29) is 5.91 Å². The van der Waals surface area contributed by atoms with Gasteiger partial charge in [0.1, 0.15) is 17.0 Å². The van der Waals surface area contributed by atoms with E-state index in [1.165, 1.54) is 0 Å². The van der Waals surface area contributed by atoms with Gasteiger partial charge in [0.2, 0.25) is 0 Å². The fraction of sp³-hybridized carbons (Fsp3) is 0.0500. The number of ether oxygens (including phenoxy) is 1. The molecule has 0 saturated carbocycles. The molecule has 4 nitrogen and oxygen atoms in total.